The highest BCUT2D eigenvalue weighted by Gasteiger charge is 2.24. The van der Waals surface area contributed by atoms with Gasteiger partial charge in [0.2, 0.25) is 5.71 Å². The summed E-state index contributed by atoms with van der Waals surface area (Å²) in [7, 11) is 0. The Balaban J connectivity index is 1.61. The van der Waals surface area contributed by atoms with Gasteiger partial charge >= 0.3 is 5.97 Å². The average Bonchev–Trinajstić information content (AvgIpc) is 3.19. The number of aryl methyl sites for hydroxylation is 1. The van der Waals surface area contributed by atoms with Crippen LogP contribution in [0.15, 0.2) is 27.0 Å². The van der Waals surface area contributed by atoms with Crippen LogP contribution in [-0.2, 0) is 10.5 Å². The van der Waals surface area contributed by atoms with Crippen molar-refractivity contribution in [1.82, 2.24) is 15.0 Å². The van der Waals surface area contributed by atoms with Crippen LogP contribution in [0.4, 0.5) is 5.82 Å². The highest BCUT2D eigenvalue weighted by Crippen LogP contribution is 2.34. The molecule has 3 aromatic heterocycles. The van der Waals surface area contributed by atoms with E-state index in [-0.39, 0.29) is 23.7 Å². The van der Waals surface area contributed by atoms with E-state index >= 15 is 0 Å². The number of halogens is 1. The first-order chi connectivity index (χ1) is 13.5. The van der Waals surface area contributed by atoms with Crippen LogP contribution >= 0.6 is 34.7 Å². The quantitative estimate of drug-likeness (QED) is 0.351. The minimum atomic E-state index is -0.496. The summed E-state index contributed by atoms with van der Waals surface area (Å²) in [4.78, 5) is 25.5. The fraction of sp³-hybridized carbons (Fsp3) is 0.222. The van der Waals surface area contributed by atoms with E-state index in [1.807, 2.05) is 18.2 Å². The van der Waals surface area contributed by atoms with Gasteiger partial charge in [-0.25, -0.2) is 14.8 Å². The molecule has 7 nitrogen and oxygen atoms in total. The molecule has 0 aliphatic rings. The van der Waals surface area contributed by atoms with Crippen molar-refractivity contribution in [2.24, 2.45) is 0 Å². The van der Waals surface area contributed by atoms with Crippen LogP contribution < -0.4 is 5.73 Å². The second-order valence-corrected chi connectivity index (χ2v) is 8.53. The first kappa shape index (κ1) is 19.0. The largest absolute Gasteiger partial charge is 0.462 e. The standard InChI is InChI=1S/C18H15ClN4O3S2/c1-3-25-17(24)13-8(2)26-16-14(13)15(20)22-12(23-16)7-27-18-21-10-6-9(19)4-5-11(10)28-18/h4-6H,3,7H2,1-2H3,(H2,20,22,23). The lowest BCUT2D eigenvalue weighted by atomic mass is 10.2. The summed E-state index contributed by atoms with van der Waals surface area (Å²) in [6.45, 7) is 3.67. The van der Waals surface area contributed by atoms with Crippen LogP contribution in [0, 0.1) is 6.92 Å². The number of thioether (sulfide) groups is 1. The van der Waals surface area contributed by atoms with Gasteiger partial charge in [-0.1, -0.05) is 23.4 Å². The number of furan rings is 1. The molecule has 2 N–H and O–H groups in total. The zero-order chi connectivity index (χ0) is 19.8. The summed E-state index contributed by atoms with van der Waals surface area (Å²) in [5, 5.41) is 1.04. The molecule has 0 saturated carbocycles. The number of hydrogen-bond acceptors (Lipinski definition) is 9. The Morgan fingerprint density at radius 2 is 2.18 bits per heavy atom. The molecule has 28 heavy (non-hydrogen) atoms. The van der Waals surface area contributed by atoms with Gasteiger partial charge in [0, 0.05) is 5.02 Å². The van der Waals surface area contributed by atoms with Crippen molar-refractivity contribution >= 4 is 67.8 Å². The minimum Gasteiger partial charge on any atom is -0.462 e. The summed E-state index contributed by atoms with van der Waals surface area (Å²) in [6, 6.07) is 5.62. The summed E-state index contributed by atoms with van der Waals surface area (Å²) < 4.78 is 12.6. The smallest absolute Gasteiger partial charge is 0.342 e. The first-order valence-electron chi connectivity index (χ1n) is 8.37. The normalized spacial score (nSPS) is 11.4. The van der Waals surface area contributed by atoms with Crippen molar-refractivity contribution in [2.75, 3.05) is 12.3 Å². The molecule has 0 radical (unpaired) electrons. The molecule has 0 aliphatic heterocycles. The molecule has 1 aromatic carbocycles. The number of ether oxygens (including phenoxy) is 1. The number of aromatic nitrogens is 3. The molecular formula is C18H15ClN4O3S2. The number of fused-ring (bicyclic) bond motifs is 2. The lowest BCUT2D eigenvalue weighted by Gasteiger charge is -2.03. The lowest BCUT2D eigenvalue weighted by molar-refractivity contribution is 0.0526. The van der Waals surface area contributed by atoms with Crippen molar-refractivity contribution in [3.8, 4) is 0 Å². The van der Waals surface area contributed by atoms with Crippen molar-refractivity contribution in [3.05, 3.63) is 40.4 Å². The third-order valence-corrected chi connectivity index (χ3v) is 6.35. The number of anilines is 1. The minimum absolute atomic E-state index is 0.191. The summed E-state index contributed by atoms with van der Waals surface area (Å²) in [6.07, 6.45) is 0. The van der Waals surface area contributed by atoms with E-state index in [1.54, 1.807) is 25.2 Å². The zero-order valence-electron chi connectivity index (χ0n) is 15.0. The number of esters is 1. The van der Waals surface area contributed by atoms with Crippen molar-refractivity contribution in [2.45, 2.75) is 23.9 Å². The van der Waals surface area contributed by atoms with Gasteiger partial charge in [0.25, 0.3) is 0 Å². The van der Waals surface area contributed by atoms with E-state index in [4.69, 9.17) is 26.5 Å². The lowest BCUT2D eigenvalue weighted by Crippen LogP contribution is -2.07. The SMILES string of the molecule is CCOC(=O)c1c(C)oc2nc(CSc3nc4cc(Cl)ccc4s3)nc(N)c12. The number of thiazole rings is 1. The van der Waals surface area contributed by atoms with Crippen LogP contribution in [0.5, 0.6) is 0 Å². The molecule has 0 fully saturated rings. The van der Waals surface area contributed by atoms with Gasteiger partial charge in [-0.2, -0.15) is 4.98 Å². The second kappa shape index (κ2) is 7.57. The number of hydrogen-bond donors (Lipinski definition) is 1. The second-order valence-electron chi connectivity index (χ2n) is 5.84. The molecule has 0 atom stereocenters. The molecule has 0 saturated heterocycles. The summed E-state index contributed by atoms with van der Waals surface area (Å²) >= 11 is 9.08. The van der Waals surface area contributed by atoms with E-state index in [0.717, 1.165) is 14.6 Å². The predicted molar refractivity (Wildman–Crippen MR) is 111 cm³/mol. The summed E-state index contributed by atoms with van der Waals surface area (Å²) in [5.74, 6) is 1.06. The molecule has 10 heteroatoms. The highest BCUT2D eigenvalue weighted by molar-refractivity contribution is 8.00. The molecule has 0 unspecified atom stereocenters. The number of benzene rings is 1. The van der Waals surface area contributed by atoms with Crippen LogP contribution in [-0.4, -0.2) is 27.5 Å². The molecule has 4 aromatic rings. The first-order valence-corrected chi connectivity index (χ1v) is 10.6. The van der Waals surface area contributed by atoms with E-state index in [1.165, 1.54) is 11.8 Å². The van der Waals surface area contributed by atoms with E-state index < -0.39 is 5.97 Å². The summed E-state index contributed by atoms with van der Waals surface area (Å²) in [5.41, 5.74) is 7.51. The Hall–Kier alpha value is -2.36. The van der Waals surface area contributed by atoms with Crippen LogP contribution in [0.3, 0.4) is 0 Å². The highest BCUT2D eigenvalue weighted by atomic mass is 35.5. The van der Waals surface area contributed by atoms with Crippen molar-refractivity contribution in [1.29, 1.82) is 0 Å². The van der Waals surface area contributed by atoms with Crippen molar-refractivity contribution < 1.29 is 13.9 Å². The van der Waals surface area contributed by atoms with Crippen LogP contribution in [0.2, 0.25) is 5.02 Å². The van der Waals surface area contributed by atoms with Gasteiger partial charge in [-0.15, -0.1) is 11.3 Å². The number of nitrogens with two attached hydrogens (primary N) is 1. The third-order valence-electron chi connectivity index (χ3n) is 3.94. The molecule has 0 spiro atoms. The van der Waals surface area contributed by atoms with Gasteiger partial charge in [0.05, 0.1) is 28.0 Å². The third kappa shape index (κ3) is 3.52. The predicted octanol–water partition coefficient (Wildman–Crippen LogP) is 4.85. The fourth-order valence-corrected chi connectivity index (χ4v) is 4.83. The van der Waals surface area contributed by atoms with Gasteiger partial charge < -0.3 is 14.9 Å². The maximum atomic E-state index is 12.2. The number of rotatable bonds is 5. The molecule has 4 rings (SSSR count). The monoisotopic (exact) mass is 434 g/mol. The molecular weight excluding hydrogens is 420 g/mol. The number of carbonyl (C=O) groups excluding carboxylic acids is 1. The molecule has 0 aliphatic carbocycles. The Labute approximate surface area is 173 Å². The van der Waals surface area contributed by atoms with Crippen molar-refractivity contribution in [3.63, 3.8) is 0 Å². The molecule has 3 heterocycles. The molecule has 144 valence electrons. The average molecular weight is 435 g/mol. The number of nitrogens with zero attached hydrogens (tertiary/aromatic N) is 3. The fourth-order valence-electron chi connectivity index (χ4n) is 2.76. The van der Waals surface area contributed by atoms with Gasteiger partial charge in [0.15, 0.2) is 4.34 Å². The van der Waals surface area contributed by atoms with Crippen LogP contribution in [0.25, 0.3) is 21.3 Å². The number of carbonyl (C=O) groups is 1. The van der Waals surface area contributed by atoms with Gasteiger partial charge in [-0.05, 0) is 32.0 Å². The van der Waals surface area contributed by atoms with Gasteiger partial charge in [-0.3, -0.25) is 0 Å². The van der Waals surface area contributed by atoms with Gasteiger partial charge in [0.1, 0.15) is 23.0 Å². The zero-order valence-corrected chi connectivity index (χ0v) is 17.4. The van der Waals surface area contributed by atoms with E-state index in [0.29, 0.717) is 27.7 Å². The maximum absolute atomic E-state index is 12.2. The van der Waals surface area contributed by atoms with E-state index in [2.05, 4.69) is 15.0 Å². The molecule has 0 bridgehead atoms. The Morgan fingerprint density at radius 3 is 2.96 bits per heavy atom. The number of nitrogen functional groups attached to an aromatic ring is 1. The molecule has 0 amide bonds. The Kier molecular flexibility index (Phi) is 5.13. The van der Waals surface area contributed by atoms with Crippen LogP contribution in [0.1, 0.15) is 28.9 Å². The van der Waals surface area contributed by atoms with E-state index in [9.17, 15) is 4.79 Å². The maximum Gasteiger partial charge on any atom is 0.342 e. The Bertz CT molecular complexity index is 1200. The Morgan fingerprint density at radius 1 is 1.36 bits per heavy atom. The topological polar surface area (TPSA) is 104 Å².